The highest BCUT2D eigenvalue weighted by Crippen LogP contribution is 2.22. The number of aromatic amines is 2. The molecule has 0 aromatic carbocycles. The van der Waals surface area contributed by atoms with Crippen molar-refractivity contribution in [3.05, 3.63) is 32.6 Å². The Morgan fingerprint density at radius 3 is 2.50 bits per heavy atom. The van der Waals surface area contributed by atoms with Crippen LogP contribution >= 0.6 is 0 Å². The molecule has 1 rings (SSSR count). The molecule has 6 heteroatoms. The van der Waals surface area contributed by atoms with E-state index in [1.165, 1.54) is 13.2 Å². The van der Waals surface area contributed by atoms with E-state index in [1.54, 1.807) is 0 Å². The lowest BCUT2D eigenvalue weighted by atomic mass is 10.0. The number of ether oxygens (including phenoxy) is 2. The lowest BCUT2D eigenvalue weighted by Gasteiger charge is -2.20. The van der Waals surface area contributed by atoms with Crippen molar-refractivity contribution in [1.82, 2.24) is 9.97 Å². The lowest BCUT2D eigenvalue weighted by molar-refractivity contribution is -0.0902. The predicted molar refractivity (Wildman–Crippen MR) is 58.2 cm³/mol. The highest BCUT2D eigenvalue weighted by molar-refractivity contribution is 5.03. The Morgan fingerprint density at radius 1 is 1.31 bits per heavy atom. The smallest absolute Gasteiger partial charge is 0.325 e. The maximum absolute atomic E-state index is 11.1. The minimum atomic E-state index is -0.533. The molecule has 0 radical (unpaired) electrons. The molecule has 1 aromatic heterocycles. The fourth-order valence-corrected chi connectivity index (χ4v) is 1.42. The molecule has 0 amide bonds. The van der Waals surface area contributed by atoms with Gasteiger partial charge < -0.3 is 14.5 Å². The number of methoxy groups -OCH3 is 1. The summed E-state index contributed by atoms with van der Waals surface area (Å²) in [7, 11) is 1.51. The second-order valence-corrected chi connectivity index (χ2v) is 3.78. The molecule has 0 saturated carbocycles. The Labute approximate surface area is 92.6 Å². The van der Waals surface area contributed by atoms with Gasteiger partial charge in [0, 0.05) is 13.2 Å². The van der Waals surface area contributed by atoms with Crippen LogP contribution in [0.5, 0.6) is 0 Å². The average Bonchev–Trinajstić information content (AvgIpc) is 2.16. The first-order chi connectivity index (χ1) is 7.54. The normalized spacial score (nSPS) is 13.0. The molecule has 0 fully saturated rings. The van der Waals surface area contributed by atoms with Gasteiger partial charge in [-0.3, -0.25) is 9.78 Å². The summed E-state index contributed by atoms with van der Waals surface area (Å²) >= 11 is 0. The fourth-order valence-electron chi connectivity index (χ4n) is 1.42. The van der Waals surface area contributed by atoms with Crippen LogP contribution in [0.3, 0.4) is 0 Å². The maximum Gasteiger partial charge on any atom is 0.325 e. The third-order valence-corrected chi connectivity index (χ3v) is 2.06. The van der Waals surface area contributed by atoms with Crippen LogP contribution < -0.4 is 11.2 Å². The number of H-pyrrole nitrogens is 2. The van der Waals surface area contributed by atoms with Crippen molar-refractivity contribution >= 4 is 0 Å². The Morgan fingerprint density at radius 2 is 2.00 bits per heavy atom. The van der Waals surface area contributed by atoms with Gasteiger partial charge in [0.15, 0.2) is 0 Å². The van der Waals surface area contributed by atoms with Crippen molar-refractivity contribution in [2.24, 2.45) is 5.92 Å². The molecular weight excluding hydrogens is 212 g/mol. The Bertz CT molecular complexity index is 407. The lowest BCUT2D eigenvalue weighted by Crippen LogP contribution is -2.26. The van der Waals surface area contributed by atoms with Gasteiger partial charge in [-0.05, 0) is 5.92 Å². The van der Waals surface area contributed by atoms with Gasteiger partial charge in [-0.1, -0.05) is 13.8 Å². The van der Waals surface area contributed by atoms with Crippen LogP contribution in [0, 0.1) is 5.92 Å². The predicted octanol–water partition coefficient (Wildman–Crippen LogP) is 0.381. The zero-order valence-electron chi connectivity index (χ0n) is 9.57. The van der Waals surface area contributed by atoms with Gasteiger partial charge in [0.2, 0.25) is 0 Å². The van der Waals surface area contributed by atoms with Gasteiger partial charge in [0.25, 0.3) is 5.56 Å². The molecule has 6 nitrogen and oxygen atoms in total. The van der Waals surface area contributed by atoms with Gasteiger partial charge in [-0.15, -0.1) is 0 Å². The van der Waals surface area contributed by atoms with E-state index in [1.807, 2.05) is 13.8 Å². The van der Waals surface area contributed by atoms with Gasteiger partial charge in [0.05, 0.1) is 5.69 Å². The first-order valence-corrected chi connectivity index (χ1v) is 4.98. The van der Waals surface area contributed by atoms with E-state index in [0.717, 1.165) is 0 Å². The van der Waals surface area contributed by atoms with E-state index in [0.29, 0.717) is 5.69 Å². The quantitative estimate of drug-likeness (QED) is 0.713. The number of aromatic nitrogens is 2. The Hall–Kier alpha value is -1.40. The maximum atomic E-state index is 11.1. The second-order valence-electron chi connectivity index (χ2n) is 3.78. The summed E-state index contributed by atoms with van der Waals surface area (Å²) in [6, 6.07) is 1.32. The highest BCUT2D eigenvalue weighted by Gasteiger charge is 2.18. The van der Waals surface area contributed by atoms with Crippen molar-refractivity contribution in [1.29, 1.82) is 0 Å². The molecule has 1 heterocycles. The molecule has 0 spiro atoms. The van der Waals surface area contributed by atoms with Gasteiger partial charge in [-0.2, -0.15) is 0 Å². The van der Waals surface area contributed by atoms with Crippen LogP contribution in [-0.4, -0.2) is 23.9 Å². The van der Waals surface area contributed by atoms with Crippen LogP contribution in [0.4, 0.5) is 0 Å². The summed E-state index contributed by atoms with van der Waals surface area (Å²) in [6.45, 7) is 3.97. The van der Waals surface area contributed by atoms with Crippen molar-refractivity contribution in [3.63, 3.8) is 0 Å². The molecule has 16 heavy (non-hydrogen) atoms. The second kappa shape index (κ2) is 5.62. The molecule has 0 aliphatic rings. The van der Waals surface area contributed by atoms with Crippen molar-refractivity contribution < 1.29 is 9.47 Å². The molecule has 0 aliphatic heterocycles. The third-order valence-electron chi connectivity index (χ3n) is 2.06. The molecule has 0 saturated heterocycles. The standard InChI is InChI=1S/C10H16N2O4/c1-6(2)9(16-5-15-3)7-4-8(13)12-10(14)11-7/h4,6,9H,5H2,1-3H3,(H2,11,12,13,14). The van der Waals surface area contributed by atoms with E-state index in [2.05, 4.69) is 9.97 Å². The Kier molecular flexibility index (Phi) is 4.45. The van der Waals surface area contributed by atoms with Crippen LogP contribution in [0.15, 0.2) is 15.7 Å². The van der Waals surface area contributed by atoms with E-state index in [9.17, 15) is 9.59 Å². The molecule has 1 atom stereocenters. The van der Waals surface area contributed by atoms with E-state index in [4.69, 9.17) is 9.47 Å². The van der Waals surface area contributed by atoms with Crippen molar-refractivity contribution in [2.45, 2.75) is 20.0 Å². The molecule has 90 valence electrons. The van der Waals surface area contributed by atoms with Gasteiger partial charge >= 0.3 is 5.69 Å². The molecule has 0 aliphatic carbocycles. The van der Waals surface area contributed by atoms with Crippen molar-refractivity contribution in [2.75, 3.05) is 13.9 Å². The largest absolute Gasteiger partial charge is 0.359 e. The Balaban J connectivity index is 3.00. The molecule has 2 N–H and O–H groups in total. The minimum Gasteiger partial charge on any atom is -0.359 e. The number of rotatable bonds is 5. The summed E-state index contributed by atoms with van der Waals surface area (Å²) in [5.41, 5.74) is -0.514. The first-order valence-electron chi connectivity index (χ1n) is 4.98. The number of nitrogens with one attached hydrogen (secondary N) is 2. The minimum absolute atomic E-state index is 0.109. The van der Waals surface area contributed by atoms with Crippen LogP contribution in [0.1, 0.15) is 25.6 Å². The number of hydrogen-bond donors (Lipinski definition) is 2. The SMILES string of the molecule is COCOC(c1cc(=O)[nH]c(=O)[nH]1)C(C)C. The summed E-state index contributed by atoms with van der Waals surface area (Å²) in [5, 5.41) is 0. The van der Waals surface area contributed by atoms with E-state index < -0.39 is 11.2 Å². The zero-order chi connectivity index (χ0) is 12.1. The topological polar surface area (TPSA) is 84.2 Å². The fraction of sp³-hybridized carbons (Fsp3) is 0.600. The monoisotopic (exact) mass is 228 g/mol. The molecular formula is C10H16N2O4. The summed E-state index contributed by atoms with van der Waals surface area (Å²) in [5.74, 6) is 0.118. The summed E-state index contributed by atoms with van der Waals surface area (Å²) in [6.07, 6.45) is -0.366. The molecule has 1 unspecified atom stereocenters. The van der Waals surface area contributed by atoms with Crippen LogP contribution in [0.25, 0.3) is 0 Å². The zero-order valence-corrected chi connectivity index (χ0v) is 9.57. The molecule has 0 bridgehead atoms. The number of hydrogen-bond acceptors (Lipinski definition) is 4. The third kappa shape index (κ3) is 3.32. The van der Waals surface area contributed by atoms with Crippen molar-refractivity contribution in [3.8, 4) is 0 Å². The highest BCUT2D eigenvalue weighted by atomic mass is 16.7. The van der Waals surface area contributed by atoms with E-state index in [-0.39, 0.29) is 18.8 Å². The van der Waals surface area contributed by atoms with Gasteiger partial charge in [-0.25, -0.2) is 4.79 Å². The average molecular weight is 228 g/mol. The van der Waals surface area contributed by atoms with Gasteiger partial charge in [0.1, 0.15) is 12.9 Å². The molecule has 1 aromatic rings. The summed E-state index contributed by atoms with van der Waals surface area (Å²) in [4.78, 5) is 26.9. The van der Waals surface area contributed by atoms with E-state index >= 15 is 0 Å². The van der Waals surface area contributed by atoms with Crippen LogP contribution in [0.2, 0.25) is 0 Å². The van der Waals surface area contributed by atoms with Crippen LogP contribution in [-0.2, 0) is 9.47 Å². The first kappa shape index (κ1) is 12.7. The summed E-state index contributed by atoms with van der Waals surface area (Å²) < 4.78 is 10.2.